The monoisotopic (exact) mass is 398 g/mol. The number of anilines is 3. The smallest absolute Gasteiger partial charge is 0.229 e. The van der Waals surface area contributed by atoms with Crippen LogP contribution in [0.15, 0.2) is 48.5 Å². The minimum Gasteiger partial charge on any atom is -0.497 e. The van der Waals surface area contributed by atoms with E-state index in [1.54, 1.807) is 14.2 Å². The van der Waals surface area contributed by atoms with E-state index in [1.165, 1.54) is 5.56 Å². The van der Waals surface area contributed by atoms with Crippen LogP contribution in [-0.2, 0) is 6.42 Å². The molecule has 2 aromatic carbocycles. The molecule has 0 radical (unpaired) electrons. The van der Waals surface area contributed by atoms with Crippen LogP contribution in [-0.4, -0.2) is 30.7 Å². The van der Waals surface area contributed by atoms with Crippen molar-refractivity contribution < 1.29 is 9.47 Å². The van der Waals surface area contributed by atoms with Gasteiger partial charge in [-0.3, -0.25) is 0 Å². The summed E-state index contributed by atoms with van der Waals surface area (Å²) in [5.74, 6) is 2.63. The summed E-state index contributed by atoms with van der Waals surface area (Å²) in [5, 5.41) is 7.30. The first-order valence-electron chi connectivity index (χ1n) is 8.90. The quantitative estimate of drug-likeness (QED) is 0.565. The zero-order valence-electron chi connectivity index (χ0n) is 16.1. The van der Waals surface area contributed by atoms with Crippen LogP contribution in [0.4, 0.5) is 17.5 Å². The first-order chi connectivity index (χ1) is 13.6. The lowest BCUT2D eigenvalue weighted by atomic mass is 10.1. The Morgan fingerprint density at radius 3 is 2.61 bits per heavy atom. The third kappa shape index (κ3) is 5.27. The van der Waals surface area contributed by atoms with Gasteiger partial charge >= 0.3 is 0 Å². The topological polar surface area (TPSA) is 68.3 Å². The van der Waals surface area contributed by atoms with Crippen molar-refractivity contribution >= 4 is 29.1 Å². The number of aromatic nitrogens is 2. The molecule has 0 aliphatic carbocycles. The predicted molar refractivity (Wildman–Crippen MR) is 113 cm³/mol. The molecule has 1 aromatic heterocycles. The van der Waals surface area contributed by atoms with E-state index >= 15 is 0 Å². The van der Waals surface area contributed by atoms with Gasteiger partial charge in [-0.25, -0.2) is 4.98 Å². The average molecular weight is 399 g/mol. The number of hydrogen-bond acceptors (Lipinski definition) is 6. The highest BCUT2D eigenvalue weighted by Gasteiger charge is 2.09. The summed E-state index contributed by atoms with van der Waals surface area (Å²) in [6.45, 7) is 2.66. The highest BCUT2D eigenvalue weighted by Crippen LogP contribution is 2.30. The number of ether oxygens (including phenoxy) is 2. The molecule has 28 heavy (non-hydrogen) atoms. The second kappa shape index (κ2) is 9.28. The Labute approximate surface area is 169 Å². The summed E-state index contributed by atoms with van der Waals surface area (Å²) in [6.07, 6.45) is 0.843. The van der Waals surface area contributed by atoms with Gasteiger partial charge in [0.05, 0.1) is 19.9 Å². The molecule has 6 nitrogen and oxygen atoms in total. The van der Waals surface area contributed by atoms with E-state index in [4.69, 9.17) is 21.1 Å². The van der Waals surface area contributed by atoms with E-state index in [1.807, 2.05) is 49.4 Å². The number of aryl methyl sites for hydroxylation is 1. The maximum Gasteiger partial charge on any atom is 0.229 e. The summed E-state index contributed by atoms with van der Waals surface area (Å²) < 4.78 is 10.7. The molecule has 0 unspecified atom stereocenters. The van der Waals surface area contributed by atoms with Gasteiger partial charge in [-0.05, 0) is 43.2 Å². The van der Waals surface area contributed by atoms with Gasteiger partial charge in [0, 0.05) is 29.4 Å². The third-order valence-electron chi connectivity index (χ3n) is 4.12. The Kier molecular flexibility index (Phi) is 6.55. The van der Waals surface area contributed by atoms with E-state index in [-0.39, 0.29) is 0 Å². The first kappa shape index (κ1) is 19.8. The highest BCUT2D eigenvalue weighted by molar-refractivity contribution is 6.30. The summed E-state index contributed by atoms with van der Waals surface area (Å²) in [7, 11) is 3.24. The molecule has 0 atom stereocenters. The molecule has 1 heterocycles. The Morgan fingerprint density at radius 2 is 1.86 bits per heavy atom. The van der Waals surface area contributed by atoms with Crippen molar-refractivity contribution in [1.82, 2.24) is 9.97 Å². The maximum absolute atomic E-state index is 6.04. The van der Waals surface area contributed by atoms with Crippen molar-refractivity contribution in [2.45, 2.75) is 13.3 Å². The van der Waals surface area contributed by atoms with Gasteiger partial charge in [0.2, 0.25) is 5.95 Å². The Hall–Kier alpha value is -2.99. The summed E-state index contributed by atoms with van der Waals surface area (Å²) in [6, 6.07) is 15.3. The lowest BCUT2D eigenvalue weighted by molar-refractivity contribution is 0.405. The number of methoxy groups -OCH3 is 2. The van der Waals surface area contributed by atoms with Crippen molar-refractivity contribution in [2.24, 2.45) is 0 Å². The standard InChI is InChI=1S/C21H23ClN4O2/c1-14-11-20(23-10-9-15-5-4-6-16(22)12-15)26-21(24-14)25-18-13-17(27-2)7-8-19(18)28-3/h4-8,11-13H,9-10H2,1-3H3,(H2,23,24,25,26). The molecule has 2 N–H and O–H groups in total. The zero-order chi connectivity index (χ0) is 19.9. The lowest BCUT2D eigenvalue weighted by Crippen LogP contribution is -2.09. The minimum absolute atomic E-state index is 0.483. The molecule has 0 aliphatic rings. The molecule has 7 heteroatoms. The average Bonchev–Trinajstić information content (AvgIpc) is 2.67. The normalized spacial score (nSPS) is 10.4. The van der Waals surface area contributed by atoms with Crippen LogP contribution in [0, 0.1) is 6.92 Å². The van der Waals surface area contributed by atoms with Crippen LogP contribution < -0.4 is 20.1 Å². The van der Waals surface area contributed by atoms with E-state index in [9.17, 15) is 0 Å². The maximum atomic E-state index is 6.04. The fraction of sp³-hybridized carbons (Fsp3) is 0.238. The van der Waals surface area contributed by atoms with E-state index < -0.39 is 0 Å². The Morgan fingerprint density at radius 1 is 1.00 bits per heavy atom. The van der Waals surface area contributed by atoms with Gasteiger partial charge in [0.1, 0.15) is 17.3 Å². The highest BCUT2D eigenvalue weighted by atomic mass is 35.5. The molecule has 0 aliphatic heterocycles. The lowest BCUT2D eigenvalue weighted by Gasteiger charge is -2.13. The number of hydrogen-bond donors (Lipinski definition) is 2. The van der Waals surface area contributed by atoms with Crippen LogP contribution >= 0.6 is 11.6 Å². The first-order valence-corrected chi connectivity index (χ1v) is 9.28. The number of nitrogens with zero attached hydrogens (tertiary/aromatic N) is 2. The molecule has 0 fully saturated rings. The third-order valence-corrected chi connectivity index (χ3v) is 4.35. The number of nitrogens with one attached hydrogen (secondary N) is 2. The van der Waals surface area contributed by atoms with Crippen molar-refractivity contribution in [3.05, 3.63) is 64.8 Å². The fourth-order valence-electron chi connectivity index (χ4n) is 2.77. The van der Waals surface area contributed by atoms with Crippen molar-refractivity contribution in [3.63, 3.8) is 0 Å². The molecule has 0 saturated heterocycles. The van der Waals surface area contributed by atoms with Crippen molar-refractivity contribution in [3.8, 4) is 11.5 Å². The van der Waals surface area contributed by atoms with Gasteiger partial charge in [0.25, 0.3) is 0 Å². The van der Waals surface area contributed by atoms with Gasteiger partial charge < -0.3 is 20.1 Å². The van der Waals surface area contributed by atoms with Crippen molar-refractivity contribution in [1.29, 1.82) is 0 Å². The van der Waals surface area contributed by atoms with Crippen LogP contribution in [0.25, 0.3) is 0 Å². The summed E-state index contributed by atoms with van der Waals surface area (Å²) >= 11 is 6.04. The van der Waals surface area contributed by atoms with Crippen molar-refractivity contribution in [2.75, 3.05) is 31.4 Å². The van der Waals surface area contributed by atoms with Gasteiger partial charge in [-0.2, -0.15) is 4.98 Å². The molecule has 146 valence electrons. The molecule has 3 aromatic rings. The molecule has 3 rings (SSSR count). The summed E-state index contributed by atoms with van der Waals surface area (Å²) in [5.41, 5.74) is 2.76. The van der Waals surface area contributed by atoms with Gasteiger partial charge in [-0.1, -0.05) is 23.7 Å². The van der Waals surface area contributed by atoms with Gasteiger partial charge in [0.15, 0.2) is 0 Å². The number of benzene rings is 2. The van der Waals surface area contributed by atoms with E-state index in [0.717, 1.165) is 40.9 Å². The second-order valence-electron chi connectivity index (χ2n) is 6.22. The molecule has 0 amide bonds. The molecule has 0 saturated carbocycles. The molecular formula is C21H23ClN4O2. The molecule has 0 spiro atoms. The van der Waals surface area contributed by atoms with E-state index in [0.29, 0.717) is 11.7 Å². The summed E-state index contributed by atoms with van der Waals surface area (Å²) in [4.78, 5) is 9.01. The second-order valence-corrected chi connectivity index (χ2v) is 6.65. The number of halogens is 1. The largest absolute Gasteiger partial charge is 0.497 e. The van der Waals surface area contributed by atoms with Crippen LogP contribution in [0.5, 0.6) is 11.5 Å². The molecule has 0 bridgehead atoms. The van der Waals surface area contributed by atoms with Crippen LogP contribution in [0.1, 0.15) is 11.3 Å². The Bertz CT molecular complexity index is 949. The fourth-order valence-corrected chi connectivity index (χ4v) is 2.99. The predicted octanol–water partition coefficient (Wildman–Crippen LogP) is 4.85. The zero-order valence-corrected chi connectivity index (χ0v) is 16.9. The van der Waals surface area contributed by atoms with Crippen LogP contribution in [0.2, 0.25) is 5.02 Å². The molecular weight excluding hydrogens is 376 g/mol. The van der Waals surface area contributed by atoms with Gasteiger partial charge in [-0.15, -0.1) is 0 Å². The van der Waals surface area contributed by atoms with Crippen LogP contribution in [0.3, 0.4) is 0 Å². The van der Waals surface area contributed by atoms with E-state index in [2.05, 4.69) is 26.7 Å². The Balaban J connectivity index is 1.71. The number of rotatable bonds is 8. The minimum atomic E-state index is 0.483. The SMILES string of the molecule is COc1ccc(OC)c(Nc2nc(C)cc(NCCc3cccc(Cl)c3)n2)c1.